The molecule has 4 nitrogen and oxygen atoms in total. The van der Waals surface area contributed by atoms with Crippen molar-refractivity contribution in [2.45, 2.75) is 64.4 Å². The van der Waals surface area contributed by atoms with Gasteiger partial charge in [-0.05, 0) is 75.7 Å². The van der Waals surface area contributed by atoms with Crippen LogP contribution in [0, 0.1) is 11.7 Å². The third-order valence-corrected chi connectivity index (χ3v) is 6.07. The zero-order valence-electron chi connectivity index (χ0n) is 16.6. The zero-order chi connectivity index (χ0) is 19.3. The highest BCUT2D eigenvalue weighted by Crippen LogP contribution is 2.40. The molecular weight excluding hydrogens is 345 g/mol. The van der Waals surface area contributed by atoms with E-state index in [1.165, 1.54) is 37.5 Å². The second kappa shape index (κ2) is 9.05. The number of rotatable bonds is 7. The minimum atomic E-state index is -0.424. The van der Waals surface area contributed by atoms with E-state index in [4.69, 9.17) is 9.47 Å². The molecule has 0 aromatic heterocycles. The third-order valence-electron chi connectivity index (χ3n) is 6.07. The summed E-state index contributed by atoms with van der Waals surface area (Å²) in [6.07, 6.45) is 7.75. The van der Waals surface area contributed by atoms with Crippen LogP contribution in [0.25, 0.3) is 0 Å². The van der Waals surface area contributed by atoms with E-state index < -0.39 is 11.8 Å². The lowest BCUT2D eigenvalue weighted by atomic mass is 9.88. The minimum absolute atomic E-state index is 0.163. The van der Waals surface area contributed by atoms with E-state index in [0.717, 1.165) is 45.3 Å². The van der Waals surface area contributed by atoms with Gasteiger partial charge in [0, 0.05) is 6.54 Å². The molecule has 0 unspecified atom stereocenters. The first-order valence-electron chi connectivity index (χ1n) is 10.4. The molecule has 2 fully saturated rings. The zero-order valence-corrected chi connectivity index (χ0v) is 16.6. The third kappa shape index (κ3) is 5.01. The summed E-state index contributed by atoms with van der Waals surface area (Å²) in [6.45, 7) is 7.49. The molecule has 2 aliphatic rings. The molecule has 0 atom stereocenters. The Morgan fingerprint density at radius 2 is 1.85 bits per heavy atom. The van der Waals surface area contributed by atoms with Crippen molar-refractivity contribution in [3.05, 3.63) is 29.6 Å². The maximum atomic E-state index is 14.3. The molecule has 1 saturated carbocycles. The number of esters is 1. The number of piperidine rings is 1. The molecule has 1 aromatic carbocycles. The lowest BCUT2D eigenvalue weighted by molar-refractivity contribution is 0.0247. The normalized spacial score (nSPS) is 20.0. The van der Waals surface area contributed by atoms with Crippen LogP contribution in [0.1, 0.15) is 69.2 Å². The number of likely N-dealkylation sites (tertiary alicyclic amines) is 1. The highest BCUT2D eigenvalue weighted by atomic mass is 19.1. The molecule has 1 aliphatic heterocycles. The number of nitrogens with zero attached hydrogens (tertiary/aromatic N) is 1. The second-order valence-corrected chi connectivity index (χ2v) is 8.21. The number of hydrogen-bond donors (Lipinski definition) is 0. The van der Waals surface area contributed by atoms with E-state index in [-0.39, 0.29) is 11.4 Å². The van der Waals surface area contributed by atoms with Gasteiger partial charge in [-0.2, -0.15) is 0 Å². The number of carbonyl (C=O) groups is 1. The summed E-state index contributed by atoms with van der Waals surface area (Å²) in [5.74, 6) is -0.385. The lowest BCUT2D eigenvalue weighted by Gasteiger charge is -2.34. The molecule has 0 spiro atoms. The molecular formula is C22H32FNO3. The van der Waals surface area contributed by atoms with E-state index in [0.29, 0.717) is 18.1 Å². The van der Waals surface area contributed by atoms with Crippen molar-refractivity contribution in [1.82, 2.24) is 4.90 Å². The van der Waals surface area contributed by atoms with Crippen molar-refractivity contribution in [3.8, 4) is 5.75 Å². The topological polar surface area (TPSA) is 38.8 Å². The van der Waals surface area contributed by atoms with Gasteiger partial charge in [0.1, 0.15) is 12.2 Å². The summed E-state index contributed by atoms with van der Waals surface area (Å²) >= 11 is 0. The first kappa shape index (κ1) is 20.1. The molecule has 1 aliphatic carbocycles. The van der Waals surface area contributed by atoms with Crippen molar-refractivity contribution in [1.29, 1.82) is 0 Å². The Kier molecular flexibility index (Phi) is 6.74. The van der Waals surface area contributed by atoms with Gasteiger partial charge >= 0.3 is 5.97 Å². The molecule has 0 amide bonds. The standard InChI is InChI=1S/C22H32FNO3/c1-17(2)22(10-4-5-11-22)27-20-16-18(8-9-19(20)23)21(25)26-15-14-24-12-6-3-7-13-24/h8-9,16-17H,3-7,10-15H2,1-2H3. The average Bonchev–Trinajstić information content (AvgIpc) is 3.14. The molecule has 0 bridgehead atoms. The lowest BCUT2D eigenvalue weighted by Crippen LogP contribution is -2.38. The number of benzene rings is 1. The van der Waals surface area contributed by atoms with Crippen LogP contribution < -0.4 is 4.74 Å². The van der Waals surface area contributed by atoms with Crippen LogP contribution in [-0.2, 0) is 4.74 Å². The number of ether oxygens (including phenoxy) is 2. The van der Waals surface area contributed by atoms with Gasteiger partial charge in [0.15, 0.2) is 11.6 Å². The van der Waals surface area contributed by atoms with Crippen LogP contribution in [0.5, 0.6) is 5.75 Å². The molecule has 150 valence electrons. The van der Waals surface area contributed by atoms with Crippen molar-refractivity contribution < 1.29 is 18.7 Å². The predicted octanol–water partition coefficient (Wildman–Crippen LogP) is 4.82. The van der Waals surface area contributed by atoms with Gasteiger partial charge < -0.3 is 9.47 Å². The molecule has 3 rings (SSSR count). The number of carbonyl (C=O) groups excluding carboxylic acids is 1. The van der Waals surface area contributed by atoms with Crippen LogP contribution in [0.4, 0.5) is 4.39 Å². The fraction of sp³-hybridized carbons (Fsp3) is 0.682. The van der Waals surface area contributed by atoms with Gasteiger partial charge in [-0.15, -0.1) is 0 Å². The van der Waals surface area contributed by atoms with Gasteiger partial charge in [-0.1, -0.05) is 20.3 Å². The summed E-state index contributed by atoms with van der Waals surface area (Å²) < 4.78 is 25.9. The smallest absolute Gasteiger partial charge is 0.338 e. The SMILES string of the molecule is CC(C)C1(Oc2cc(C(=O)OCCN3CCCCC3)ccc2F)CCCC1. The number of halogens is 1. The molecule has 0 N–H and O–H groups in total. The molecule has 1 aromatic rings. The Bertz CT molecular complexity index is 634. The molecule has 0 radical (unpaired) electrons. The van der Waals surface area contributed by atoms with E-state index in [2.05, 4.69) is 18.7 Å². The van der Waals surface area contributed by atoms with Crippen molar-refractivity contribution in [3.63, 3.8) is 0 Å². The summed E-state index contributed by atoms with van der Waals surface area (Å²) in [5, 5.41) is 0. The van der Waals surface area contributed by atoms with Crippen molar-refractivity contribution in [2.75, 3.05) is 26.2 Å². The predicted molar refractivity (Wildman–Crippen MR) is 104 cm³/mol. The van der Waals surface area contributed by atoms with Crippen molar-refractivity contribution >= 4 is 5.97 Å². The molecule has 27 heavy (non-hydrogen) atoms. The van der Waals surface area contributed by atoms with E-state index in [1.54, 1.807) is 0 Å². The monoisotopic (exact) mass is 377 g/mol. The van der Waals surface area contributed by atoms with Gasteiger partial charge in [0.25, 0.3) is 0 Å². The Morgan fingerprint density at radius 1 is 1.15 bits per heavy atom. The maximum absolute atomic E-state index is 14.3. The molecule has 5 heteroatoms. The fourth-order valence-electron chi connectivity index (χ4n) is 4.23. The van der Waals surface area contributed by atoms with Crippen LogP contribution in [0.3, 0.4) is 0 Å². The molecule has 1 heterocycles. The van der Waals surface area contributed by atoms with Crippen LogP contribution in [0.15, 0.2) is 18.2 Å². The highest BCUT2D eigenvalue weighted by molar-refractivity contribution is 5.89. The average molecular weight is 378 g/mol. The van der Waals surface area contributed by atoms with Crippen LogP contribution in [-0.4, -0.2) is 42.7 Å². The van der Waals surface area contributed by atoms with Crippen LogP contribution in [0.2, 0.25) is 0 Å². The molecule has 1 saturated heterocycles. The van der Waals surface area contributed by atoms with Gasteiger partial charge in [-0.3, -0.25) is 4.90 Å². The summed E-state index contributed by atoms with van der Waals surface area (Å²) in [7, 11) is 0. The van der Waals surface area contributed by atoms with Gasteiger partial charge in [0.05, 0.1) is 5.56 Å². The fourth-order valence-corrected chi connectivity index (χ4v) is 4.23. The maximum Gasteiger partial charge on any atom is 0.338 e. The first-order chi connectivity index (χ1) is 13.0. The quantitative estimate of drug-likeness (QED) is 0.639. The Morgan fingerprint density at radius 3 is 2.52 bits per heavy atom. The van der Waals surface area contributed by atoms with Gasteiger partial charge in [-0.25, -0.2) is 9.18 Å². The largest absolute Gasteiger partial charge is 0.484 e. The Hall–Kier alpha value is -1.62. The summed E-state index contributed by atoms with van der Waals surface area (Å²) in [6, 6.07) is 4.28. The first-order valence-corrected chi connectivity index (χ1v) is 10.4. The van der Waals surface area contributed by atoms with Crippen molar-refractivity contribution in [2.24, 2.45) is 5.92 Å². The summed E-state index contributed by atoms with van der Waals surface area (Å²) in [4.78, 5) is 14.7. The summed E-state index contributed by atoms with van der Waals surface area (Å²) in [5.41, 5.74) is 0.0133. The Labute approximate surface area is 162 Å². The van der Waals surface area contributed by atoms with E-state index in [1.807, 2.05) is 0 Å². The van der Waals surface area contributed by atoms with Gasteiger partial charge in [0.2, 0.25) is 0 Å². The number of hydrogen-bond acceptors (Lipinski definition) is 4. The highest BCUT2D eigenvalue weighted by Gasteiger charge is 2.39. The van der Waals surface area contributed by atoms with E-state index in [9.17, 15) is 9.18 Å². The van der Waals surface area contributed by atoms with Crippen LogP contribution >= 0.6 is 0 Å². The Balaban J connectivity index is 1.61. The second-order valence-electron chi connectivity index (χ2n) is 8.21. The minimum Gasteiger partial charge on any atom is -0.484 e. The van der Waals surface area contributed by atoms with E-state index >= 15 is 0 Å².